The fraction of sp³-hybridized carbons (Fsp3) is 0.600. The topological polar surface area (TPSA) is 87.2 Å². The van der Waals surface area contributed by atoms with Crippen LogP contribution in [0.2, 0.25) is 5.02 Å². The predicted octanol–water partition coefficient (Wildman–Crippen LogP) is 2.67. The first-order valence-electron chi connectivity index (χ1n) is 12.0. The highest BCUT2D eigenvalue weighted by Gasteiger charge is 2.63. The highest BCUT2D eigenvalue weighted by molar-refractivity contribution is 6.34. The van der Waals surface area contributed by atoms with Crippen LogP contribution in [0.4, 0.5) is 11.5 Å². The Hall–Kier alpha value is -1.97. The van der Waals surface area contributed by atoms with E-state index in [1.54, 1.807) is 6.20 Å². The number of nitrogens with one attached hydrogen (secondary N) is 1. The molecule has 1 saturated carbocycles. The molecular formula is C25H31ClN4O4. The molecule has 1 aromatic heterocycles. The number of aliphatic hydroxyl groups is 1. The summed E-state index contributed by atoms with van der Waals surface area (Å²) in [5.74, 6) is 0.542. The highest BCUT2D eigenvalue weighted by atomic mass is 35.5. The zero-order valence-corrected chi connectivity index (χ0v) is 20.4. The Morgan fingerprint density at radius 3 is 2.56 bits per heavy atom. The molecule has 2 unspecified atom stereocenters. The van der Waals surface area contributed by atoms with E-state index >= 15 is 0 Å². The zero-order valence-electron chi connectivity index (χ0n) is 19.6. The molecule has 2 aromatic rings. The first-order chi connectivity index (χ1) is 16.2. The molecule has 5 fully saturated rings. The Balaban J connectivity index is 1.18. The molecule has 1 amide bonds. The van der Waals surface area contributed by atoms with Crippen molar-refractivity contribution in [3.63, 3.8) is 0 Å². The van der Waals surface area contributed by atoms with Gasteiger partial charge in [0.2, 0.25) is 5.91 Å². The molecule has 0 spiro atoms. The Morgan fingerprint density at radius 2 is 1.91 bits per heavy atom. The standard InChI is InChI=1S/C25H31ClN4O4/c1-23-12-25(13-23,15-34-23)22(32)28-21-9-16-8-19(18(26)7-17(16)10-27-21)29-3-5-30(6-4-29)24(2)14-33-11-20(24)31/h7-10,20,31H,3-6,11-15H2,1-2H3,(H,27,28,32). The first-order valence-corrected chi connectivity index (χ1v) is 12.4. The van der Waals surface area contributed by atoms with Crippen LogP contribution in [0.15, 0.2) is 24.4 Å². The maximum Gasteiger partial charge on any atom is 0.234 e. The van der Waals surface area contributed by atoms with E-state index in [0.717, 1.165) is 55.5 Å². The lowest BCUT2D eigenvalue weighted by atomic mass is 9.63. The van der Waals surface area contributed by atoms with Gasteiger partial charge in [-0.2, -0.15) is 0 Å². The van der Waals surface area contributed by atoms with Gasteiger partial charge in [-0.15, -0.1) is 0 Å². The first kappa shape index (κ1) is 22.5. The van der Waals surface area contributed by atoms with E-state index in [-0.39, 0.29) is 17.0 Å². The molecule has 4 saturated heterocycles. The van der Waals surface area contributed by atoms with Gasteiger partial charge in [0.1, 0.15) is 5.82 Å². The quantitative estimate of drug-likeness (QED) is 0.687. The second-order valence-electron chi connectivity index (χ2n) is 10.9. The number of hydrogen-bond donors (Lipinski definition) is 2. The number of halogens is 1. The van der Waals surface area contributed by atoms with Gasteiger partial charge in [0.15, 0.2) is 0 Å². The molecule has 9 heteroatoms. The number of anilines is 2. The van der Waals surface area contributed by atoms with Crippen molar-refractivity contribution in [1.82, 2.24) is 9.88 Å². The van der Waals surface area contributed by atoms with Gasteiger partial charge in [0.05, 0.1) is 53.2 Å². The van der Waals surface area contributed by atoms with Crippen LogP contribution in [0.3, 0.4) is 0 Å². The third-order valence-corrected chi connectivity index (χ3v) is 8.67. The molecule has 5 heterocycles. The van der Waals surface area contributed by atoms with Crippen molar-refractivity contribution in [1.29, 1.82) is 0 Å². The van der Waals surface area contributed by atoms with Gasteiger partial charge in [-0.25, -0.2) is 4.98 Å². The number of amides is 1. The number of carbonyl (C=O) groups excluding carboxylic acids is 1. The van der Waals surface area contributed by atoms with Crippen molar-refractivity contribution in [3.8, 4) is 0 Å². The van der Waals surface area contributed by atoms with Gasteiger partial charge in [0.25, 0.3) is 0 Å². The molecule has 34 heavy (non-hydrogen) atoms. The maximum atomic E-state index is 12.9. The van der Waals surface area contributed by atoms with Gasteiger partial charge < -0.3 is 24.8 Å². The molecule has 2 N–H and O–H groups in total. The van der Waals surface area contributed by atoms with E-state index in [9.17, 15) is 9.90 Å². The number of aromatic nitrogens is 1. The summed E-state index contributed by atoms with van der Waals surface area (Å²) >= 11 is 6.67. The molecular weight excluding hydrogens is 456 g/mol. The number of carbonyl (C=O) groups is 1. The van der Waals surface area contributed by atoms with E-state index in [2.05, 4.69) is 40.0 Å². The fourth-order valence-electron chi connectivity index (χ4n) is 6.25. The number of fused-ring (bicyclic) bond motifs is 2. The Kier molecular flexibility index (Phi) is 5.14. The van der Waals surface area contributed by atoms with Crippen molar-refractivity contribution in [2.75, 3.05) is 56.2 Å². The van der Waals surface area contributed by atoms with Crippen molar-refractivity contribution in [2.24, 2.45) is 5.41 Å². The molecule has 4 aliphatic heterocycles. The maximum absolute atomic E-state index is 12.9. The van der Waals surface area contributed by atoms with E-state index in [4.69, 9.17) is 21.1 Å². The largest absolute Gasteiger partial charge is 0.389 e. The van der Waals surface area contributed by atoms with Crippen LogP contribution >= 0.6 is 11.6 Å². The minimum Gasteiger partial charge on any atom is -0.389 e. The molecule has 2 bridgehead atoms. The highest BCUT2D eigenvalue weighted by Crippen LogP contribution is 2.58. The number of aliphatic hydroxyl groups excluding tert-OH is 1. The smallest absolute Gasteiger partial charge is 0.234 e. The minimum absolute atomic E-state index is 0.00814. The van der Waals surface area contributed by atoms with E-state index in [0.29, 0.717) is 30.7 Å². The lowest BCUT2D eigenvalue weighted by Gasteiger charge is -2.45. The summed E-state index contributed by atoms with van der Waals surface area (Å²) in [7, 11) is 0. The summed E-state index contributed by atoms with van der Waals surface area (Å²) in [6, 6.07) is 5.94. The van der Waals surface area contributed by atoms with Gasteiger partial charge in [-0.05, 0) is 50.3 Å². The molecule has 8 nitrogen and oxygen atoms in total. The second-order valence-corrected chi connectivity index (χ2v) is 11.3. The van der Waals surface area contributed by atoms with E-state index in [1.165, 1.54) is 0 Å². The molecule has 7 rings (SSSR count). The number of benzene rings is 1. The van der Waals surface area contributed by atoms with Crippen molar-refractivity contribution in [2.45, 2.75) is 43.9 Å². The number of nitrogens with zero attached hydrogens (tertiary/aromatic N) is 3. The van der Waals surface area contributed by atoms with Crippen molar-refractivity contribution >= 4 is 39.8 Å². The van der Waals surface area contributed by atoms with Crippen LogP contribution in [-0.4, -0.2) is 84.1 Å². The third-order valence-electron chi connectivity index (χ3n) is 8.36. The molecule has 0 radical (unpaired) electrons. The molecule has 1 aromatic carbocycles. The van der Waals surface area contributed by atoms with Crippen LogP contribution in [0.1, 0.15) is 26.7 Å². The van der Waals surface area contributed by atoms with Crippen LogP contribution < -0.4 is 10.2 Å². The average Bonchev–Trinajstić information content (AvgIpc) is 3.45. The fourth-order valence-corrected chi connectivity index (χ4v) is 6.54. The summed E-state index contributed by atoms with van der Waals surface area (Å²) in [6.07, 6.45) is 2.84. The van der Waals surface area contributed by atoms with Crippen LogP contribution in [-0.2, 0) is 14.3 Å². The lowest BCUT2D eigenvalue weighted by molar-refractivity contribution is -0.129. The Bertz CT molecular complexity index is 1150. The van der Waals surface area contributed by atoms with Gasteiger partial charge in [0, 0.05) is 37.8 Å². The van der Waals surface area contributed by atoms with Crippen molar-refractivity contribution in [3.05, 3.63) is 29.4 Å². The monoisotopic (exact) mass is 486 g/mol. The van der Waals surface area contributed by atoms with Crippen LogP contribution in [0, 0.1) is 5.41 Å². The summed E-state index contributed by atoms with van der Waals surface area (Å²) in [5, 5.41) is 16.0. The van der Waals surface area contributed by atoms with E-state index in [1.807, 2.05) is 12.1 Å². The average molecular weight is 487 g/mol. The zero-order chi connectivity index (χ0) is 23.7. The summed E-state index contributed by atoms with van der Waals surface area (Å²) in [6.45, 7) is 8.84. The predicted molar refractivity (Wildman–Crippen MR) is 130 cm³/mol. The van der Waals surface area contributed by atoms with Crippen molar-refractivity contribution < 1.29 is 19.4 Å². The number of piperazine rings is 1. The van der Waals surface area contributed by atoms with Gasteiger partial charge in [-0.1, -0.05) is 11.6 Å². The summed E-state index contributed by atoms with van der Waals surface area (Å²) in [4.78, 5) is 22.0. The molecule has 2 atom stereocenters. The Labute approximate surface area is 204 Å². The van der Waals surface area contributed by atoms with Crippen LogP contribution in [0.5, 0.6) is 0 Å². The van der Waals surface area contributed by atoms with E-state index < -0.39 is 11.5 Å². The number of rotatable bonds is 4. The number of pyridine rings is 1. The molecule has 1 aliphatic carbocycles. The second kappa shape index (κ2) is 7.77. The number of hydrogen-bond acceptors (Lipinski definition) is 7. The Morgan fingerprint density at radius 1 is 1.15 bits per heavy atom. The molecule has 5 aliphatic rings. The van der Waals surface area contributed by atoms with Crippen LogP contribution in [0.25, 0.3) is 10.8 Å². The number of ether oxygens (including phenoxy) is 2. The SMILES string of the molecule is CC12CC(C(=O)Nc3cc4cc(N5CCN(C6(C)COCC6O)CC5)c(Cl)cc4cn3)(CO1)C2. The normalized spacial score (nSPS) is 35.5. The third kappa shape index (κ3) is 3.50. The van der Waals surface area contributed by atoms with Gasteiger partial charge >= 0.3 is 0 Å². The summed E-state index contributed by atoms with van der Waals surface area (Å²) < 4.78 is 11.3. The minimum atomic E-state index is -0.464. The summed E-state index contributed by atoms with van der Waals surface area (Å²) in [5.41, 5.74) is 0.0949. The lowest BCUT2D eigenvalue weighted by Crippen LogP contribution is -2.60. The van der Waals surface area contributed by atoms with Gasteiger partial charge in [-0.3, -0.25) is 9.69 Å². The molecule has 182 valence electrons.